The molecule has 0 bridgehead atoms. The van der Waals surface area contributed by atoms with E-state index in [1.54, 1.807) is 24.3 Å². The maximum Gasteiger partial charge on any atom is 0.115 e. The third-order valence-corrected chi connectivity index (χ3v) is 4.09. The van der Waals surface area contributed by atoms with Gasteiger partial charge in [-0.2, -0.15) is 0 Å². The van der Waals surface area contributed by atoms with Crippen molar-refractivity contribution in [2.45, 2.75) is 13.3 Å². The first-order chi connectivity index (χ1) is 11.7. The average molecular weight is 316 g/mol. The second-order valence-corrected chi connectivity index (χ2v) is 5.67. The molecule has 3 aromatic carbocycles. The Morgan fingerprint density at radius 2 is 1.08 bits per heavy atom. The number of phenolic OH excluding ortho intramolecular Hbond substituents is 2. The van der Waals surface area contributed by atoms with Gasteiger partial charge in [0.2, 0.25) is 0 Å². The Labute approximate surface area is 142 Å². The average Bonchev–Trinajstić information content (AvgIpc) is 2.62. The first kappa shape index (κ1) is 15.9. The molecule has 0 amide bonds. The minimum Gasteiger partial charge on any atom is -0.508 e. The highest BCUT2D eigenvalue weighted by atomic mass is 16.3. The fourth-order valence-electron chi connectivity index (χ4n) is 2.94. The number of hydrogen-bond donors (Lipinski definition) is 2. The van der Waals surface area contributed by atoms with Crippen LogP contribution < -0.4 is 0 Å². The summed E-state index contributed by atoms with van der Waals surface area (Å²) in [6.45, 7) is 2.13. The van der Waals surface area contributed by atoms with Gasteiger partial charge in [0, 0.05) is 0 Å². The van der Waals surface area contributed by atoms with Crippen molar-refractivity contribution in [3.05, 3.63) is 95.6 Å². The Bertz CT molecular complexity index is 829. The molecule has 0 radical (unpaired) electrons. The number of hydrogen-bond acceptors (Lipinski definition) is 2. The van der Waals surface area contributed by atoms with Crippen LogP contribution in [0, 0.1) is 0 Å². The molecule has 3 rings (SSSR count). The molecule has 0 spiro atoms. The summed E-state index contributed by atoms with van der Waals surface area (Å²) in [6, 6.07) is 24.9. The van der Waals surface area contributed by atoms with Crippen LogP contribution >= 0.6 is 0 Å². The summed E-state index contributed by atoms with van der Waals surface area (Å²) in [5.74, 6) is 0.522. The Morgan fingerprint density at radius 1 is 0.625 bits per heavy atom. The molecule has 3 aromatic rings. The van der Waals surface area contributed by atoms with Crippen molar-refractivity contribution in [2.75, 3.05) is 0 Å². The van der Waals surface area contributed by atoms with Crippen LogP contribution in [0.25, 0.3) is 11.1 Å². The van der Waals surface area contributed by atoms with Gasteiger partial charge in [0.25, 0.3) is 0 Å². The molecular weight excluding hydrogens is 296 g/mol. The van der Waals surface area contributed by atoms with Crippen LogP contribution in [-0.4, -0.2) is 10.2 Å². The van der Waals surface area contributed by atoms with E-state index in [2.05, 4.69) is 19.1 Å². The van der Waals surface area contributed by atoms with Crippen LogP contribution in [0.2, 0.25) is 0 Å². The number of rotatable bonds is 4. The Kier molecular flexibility index (Phi) is 4.66. The van der Waals surface area contributed by atoms with E-state index < -0.39 is 0 Å². The van der Waals surface area contributed by atoms with Gasteiger partial charge in [0.1, 0.15) is 11.5 Å². The Hall–Kier alpha value is -3.00. The lowest BCUT2D eigenvalue weighted by Crippen LogP contribution is -1.94. The lowest BCUT2D eigenvalue weighted by Gasteiger charge is -2.16. The zero-order chi connectivity index (χ0) is 16.9. The first-order valence-electron chi connectivity index (χ1n) is 8.06. The van der Waals surface area contributed by atoms with Gasteiger partial charge < -0.3 is 10.2 Å². The third kappa shape index (κ3) is 3.33. The molecule has 24 heavy (non-hydrogen) atoms. The molecule has 2 N–H and O–H groups in total. The van der Waals surface area contributed by atoms with Gasteiger partial charge in [0.15, 0.2) is 0 Å². The molecule has 0 heterocycles. The van der Waals surface area contributed by atoms with E-state index >= 15 is 0 Å². The van der Waals surface area contributed by atoms with Crippen LogP contribution in [0.15, 0.2) is 78.9 Å². The quantitative estimate of drug-likeness (QED) is 0.627. The van der Waals surface area contributed by atoms with Crippen molar-refractivity contribution in [1.82, 2.24) is 0 Å². The number of aromatic hydroxyl groups is 2. The van der Waals surface area contributed by atoms with Crippen LogP contribution in [0.1, 0.15) is 30.0 Å². The standard InChI is InChI=1S/C22H20O2/c1-2-21(16-8-12-19(23)13-9-16)22(17-6-4-3-5-7-17)18-10-14-20(24)15-11-18/h3-15,23-24H,2H2,1H3/b22-21+. The summed E-state index contributed by atoms with van der Waals surface area (Å²) < 4.78 is 0. The summed E-state index contributed by atoms with van der Waals surface area (Å²) in [7, 11) is 0. The third-order valence-electron chi connectivity index (χ3n) is 4.09. The summed E-state index contributed by atoms with van der Waals surface area (Å²) in [5, 5.41) is 19.2. The highest BCUT2D eigenvalue weighted by molar-refractivity contribution is 5.98. The minimum absolute atomic E-state index is 0.258. The predicted molar refractivity (Wildman–Crippen MR) is 98.9 cm³/mol. The zero-order valence-corrected chi connectivity index (χ0v) is 13.6. The molecule has 0 unspecified atom stereocenters. The molecule has 120 valence electrons. The monoisotopic (exact) mass is 316 g/mol. The topological polar surface area (TPSA) is 40.5 Å². The van der Waals surface area contributed by atoms with Crippen molar-refractivity contribution in [3.8, 4) is 11.5 Å². The molecule has 0 aliphatic carbocycles. The second-order valence-electron chi connectivity index (χ2n) is 5.67. The van der Waals surface area contributed by atoms with Gasteiger partial charge in [-0.3, -0.25) is 0 Å². The zero-order valence-electron chi connectivity index (χ0n) is 13.6. The number of allylic oxidation sites excluding steroid dienone is 1. The van der Waals surface area contributed by atoms with E-state index in [4.69, 9.17) is 0 Å². The fourth-order valence-corrected chi connectivity index (χ4v) is 2.94. The smallest absolute Gasteiger partial charge is 0.115 e. The summed E-state index contributed by atoms with van der Waals surface area (Å²) in [6.07, 6.45) is 0.857. The van der Waals surface area contributed by atoms with Crippen molar-refractivity contribution in [2.24, 2.45) is 0 Å². The first-order valence-corrected chi connectivity index (χ1v) is 8.06. The fraction of sp³-hybridized carbons (Fsp3) is 0.0909. The van der Waals surface area contributed by atoms with Crippen molar-refractivity contribution in [1.29, 1.82) is 0 Å². The van der Waals surface area contributed by atoms with E-state index in [0.717, 1.165) is 28.7 Å². The highest BCUT2D eigenvalue weighted by Gasteiger charge is 2.13. The van der Waals surface area contributed by atoms with E-state index in [1.807, 2.05) is 42.5 Å². The Balaban J connectivity index is 2.25. The van der Waals surface area contributed by atoms with Crippen molar-refractivity contribution >= 4 is 11.1 Å². The van der Waals surface area contributed by atoms with E-state index in [0.29, 0.717) is 0 Å². The SMILES string of the molecule is CC/C(=C(/c1ccccc1)c1ccc(O)cc1)c1ccc(O)cc1. The molecule has 2 heteroatoms. The van der Waals surface area contributed by atoms with E-state index in [9.17, 15) is 10.2 Å². The normalized spacial score (nSPS) is 11.9. The molecule has 0 aliphatic rings. The highest BCUT2D eigenvalue weighted by Crippen LogP contribution is 2.35. The van der Waals surface area contributed by atoms with Gasteiger partial charge in [-0.15, -0.1) is 0 Å². The van der Waals surface area contributed by atoms with E-state index in [-0.39, 0.29) is 11.5 Å². The maximum atomic E-state index is 9.61. The molecule has 0 aliphatic heterocycles. The van der Waals surface area contributed by atoms with E-state index in [1.165, 1.54) is 5.57 Å². The predicted octanol–water partition coefficient (Wildman–Crippen LogP) is 5.47. The molecule has 2 nitrogen and oxygen atoms in total. The van der Waals surface area contributed by atoms with Crippen molar-refractivity contribution in [3.63, 3.8) is 0 Å². The second kappa shape index (κ2) is 7.05. The molecule has 0 aromatic heterocycles. The minimum atomic E-state index is 0.258. The summed E-state index contributed by atoms with van der Waals surface area (Å²) in [4.78, 5) is 0. The lowest BCUT2D eigenvalue weighted by molar-refractivity contribution is 0.474. The van der Waals surface area contributed by atoms with Gasteiger partial charge in [0.05, 0.1) is 0 Å². The van der Waals surface area contributed by atoms with Gasteiger partial charge >= 0.3 is 0 Å². The molecule has 0 fully saturated rings. The van der Waals surface area contributed by atoms with Gasteiger partial charge in [-0.05, 0) is 58.5 Å². The maximum absolute atomic E-state index is 9.61. The largest absolute Gasteiger partial charge is 0.508 e. The van der Waals surface area contributed by atoms with Gasteiger partial charge in [-0.25, -0.2) is 0 Å². The summed E-state index contributed by atoms with van der Waals surface area (Å²) >= 11 is 0. The van der Waals surface area contributed by atoms with Gasteiger partial charge in [-0.1, -0.05) is 61.5 Å². The Morgan fingerprint density at radius 3 is 1.58 bits per heavy atom. The molecule has 0 saturated heterocycles. The van der Waals surface area contributed by atoms with Crippen LogP contribution in [-0.2, 0) is 0 Å². The summed E-state index contributed by atoms with van der Waals surface area (Å²) in [5.41, 5.74) is 5.62. The number of phenols is 2. The van der Waals surface area contributed by atoms with Crippen LogP contribution in [0.5, 0.6) is 11.5 Å². The lowest BCUT2D eigenvalue weighted by atomic mass is 9.88. The molecular formula is C22H20O2. The van der Waals surface area contributed by atoms with Crippen LogP contribution in [0.4, 0.5) is 0 Å². The molecule has 0 atom stereocenters. The molecule has 0 saturated carbocycles. The van der Waals surface area contributed by atoms with Crippen molar-refractivity contribution < 1.29 is 10.2 Å². The number of benzene rings is 3. The van der Waals surface area contributed by atoms with Crippen LogP contribution in [0.3, 0.4) is 0 Å².